The van der Waals surface area contributed by atoms with Crippen LogP contribution in [0.25, 0.3) is 11.0 Å². The smallest absolute Gasteiger partial charge is 0.163 e. The van der Waals surface area contributed by atoms with Gasteiger partial charge >= 0.3 is 0 Å². The minimum absolute atomic E-state index is 0.0665. The zero-order valence-corrected chi connectivity index (χ0v) is 13.7. The van der Waals surface area contributed by atoms with E-state index in [0.717, 1.165) is 16.9 Å². The number of nitrogens with zero attached hydrogens (tertiary/aromatic N) is 2. The number of methoxy groups -OCH3 is 2. The molecule has 0 aliphatic carbocycles. The van der Waals surface area contributed by atoms with Crippen molar-refractivity contribution in [2.75, 3.05) is 20.8 Å². The third-order valence-corrected chi connectivity index (χ3v) is 3.65. The van der Waals surface area contributed by atoms with Gasteiger partial charge in [0.25, 0.3) is 0 Å². The molecule has 2 N–H and O–H groups in total. The minimum Gasteiger partial charge on any atom is -0.493 e. The standard InChI is InChI=1S/C16H25N3O2/c1-10(9-17)19-12-8-14(21-6)13(20-5)7-11(12)18-15(19)16(2,3)4/h7-8,10H,9,17H2,1-6H3. The van der Waals surface area contributed by atoms with Crippen LogP contribution in [0.4, 0.5) is 0 Å². The molecule has 0 spiro atoms. The SMILES string of the molecule is COc1cc2nc(C(C)(C)C)n(C(C)CN)c2cc1OC. The zero-order chi connectivity index (χ0) is 15.8. The lowest BCUT2D eigenvalue weighted by Crippen LogP contribution is -2.24. The minimum atomic E-state index is -0.0665. The fraction of sp³-hybridized carbons (Fsp3) is 0.562. The highest BCUT2D eigenvalue weighted by atomic mass is 16.5. The van der Waals surface area contributed by atoms with Gasteiger partial charge in [-0.05, 0) is 6.92 Å². The molecular formula is C16H25N3O2. The highest BCUT2D eigenvalue weighted by Crippen LogP contribution is 2.36. The number of hydrogen-bond acceptors (Lipinski definition) is 4. The van der Waals surface area contributed by atoms with Crippen molar-refractivity contribution in [3.05, 3.63) is 18.0 Å². The highest BCUT2D eigenvalue weighted by Gasteiger charge is 2.26. The summed E-state index contributed by atoms with van der Waals surface area (Å²) in [4.78, 5) is 4.81. The third-order valence-electron chi connectivity index (χ3n) is 3.65. The van der Waals surface area contributed by atoms with Gasteiger partial charge in [-0.15, -0.1) is 0 Å². The molecule has 1 heterocycles. The molecule has 0 saturated heterocycles. The Kier molecular flexibility index (Phi) is 4.14. The van der Waals surface area contributed by atoms with Crippen LogP contribution in [-0.2, 0) is 5.41 Å². The van der Waals surface area contributed by atoms with E-state index in [9.17, 15) is 0 Å². The van der Waals surface area contributed by atoms with E-state index in [4.69, 9.17) is 20.2 Å². The molecule has 0 radical (unpaired) electrons. The molecule has 0 aliphatic rings. The molecule has 5 heteroatoms. The van der Waals surface area contributed by atoms with Gasteiger partial charge in [0.05, 0.1) is 25.3 Å². The van der Waals surface area contributed by atoms with Gasteiger partial charge in [-0.2, -0.15) is 0 Å². The van der Waals surface area contributed by atoms with Crippen molar-refractivity contribution in [3.63, 3.8) is 0 Å². The van der Waals surface area contributed by atoms with Crippen LogP contribution in [-0.4, -0.2) is 30.3 Å². The van der Waals surface area contributed by atoms with Crippen molar-refractivity contribution in [1.29, 1.82) is 0 Å². The maximum absolute atomic E-state index is 5.89. The number of nitrogens with two attached hydrogens (primary N) is 1. The molecule has 2 rings (SSSR count). The number of fused-ring (bicyclic) bond motifs is 1. The number of hydrogen-bond donors (Lipinski definition) is 1. The Hall–Kier alpha value is -1.75. The van der Waals surface area contributed by atoms with E-state index in [1.165, 1.54) is 0 Å². The molecule has 0 amide bonds. The Bertz CT molecular complexity index is 641. The average molecular weight is 291 g/mol. The molecule has 0 bridgehead atoms. The number of ether oxygens (including phenoxy) is 2. The Labute approximate surface area is 126 Å². The zero-order valence-electron chi connectivity index (χ0n) is 13.7. The first-order valence-electron chi connectivity index (χ1n) is 7.18. The van der Waals surface area contributed by atoms with Gasteiger partial charge in [0.2, 0.25) is 0 Å². The Balaban J connectivity index is 2.80. The van der Waals surface area contributed by atoms with E-state index in [2.05, 4.69) is 32.3 Å². The molecule has 1 unspecified atom stereocenters. The van der Waals surface area contributed by atoms with Crippen molar-refractivity contribution in [3.8, 4) is 11.5 Å². The molecule has 0 saturated carbocycles. The first-order valence-corrected chi connectivity index (χ1v) is 7.18. The maximum Gasteiger partial charge on any atom is 0.163 e. The molecule has 0 aliphatic heterocycles. The van der Waals surface area contributed by atoms with Gasteiger partial charge < -0.3 is 19.8 Å². The van der Waals surface area contributed by atoms with Crippen LogP contribution in [0.2, 0.25) is 0 Å². The van der Waals surface area contributed by atoms with Crippen LogP contribution >= 0.6 is 0 Å². The summed E-state index contributed by atoms with van der Waals surface area (Å²) in [7, 11) is 3.27. The van der Waals surface area contributed by atoms with Crippen LogP contribution in [0.15, 0.2) is 12.1 Å². The summed E-state index contributed by atoms with van der Waals surface area (Å²) in [5.41, 5.74) is 7.75. The quantitative estimate of drug-likeness (QED) is 0.941. The summed E-state index contributed by atoms with van der Waals surface area (Å²) < 4.78 is 13.0. The molecule has 1 atom stereocenters. The van der Waals surface area contributed by atoms with Crippen molar-refractivity contribution >= 4 is 11.0 Å². The topological polar surface area (TPSA) is 62.3 Å². The summed E-state index contributed by atoms with van der Waals surface area (Å²) in [6, 6.07) is 4.06. The summed E-state index contributed by atoms with van der Waals surface area (Å²) >= 11 is 0. The number of benzene rings is 1. The van der Waals surface area contributed by atoms with Crippen LogP contribution < -0.4 is 15.2 Å². The van der Waals surface area contributed by atoms with E-state index in [0.29, 0.717) is 18.0 Å². The average Bonchev–Trinajstić information content (AvgIpc) is 2.83. The first kappa shape index (κ1) is 15.6. The van der Waals surface area contributed by atoms with E-state index < -0.39 is 0 Å². The summed E-state index contributed by atoms with van der Waals surface area (Å²) in [5.74, 6) is 2.41. The lowest BCUT2D eigenvalue weighted by Gasteiger charge is -2.23. The maximum atomic E-state index is 5.89. The highest BCUT2D eigenvalue weighted by molar-refractivity contribution is 5.81. The van der Waals surface area contributed by atoms with Crippen LogP contribution in [0.1, 0.15) is 39.6 Å². The Morgan fingerprint density at radius 1 is 1.19 bits per heavy atom. The second-order valence-corrected chi connectivity index (χ2v) is 6.34. The normalized spacial score (nSPS) is 13.5. The Morgan fingerprint density at radius 3 is 2.24 bits per heavy atom. The van der Waals surface area contributed by atoms with E-state index in [1.54, 1.807) is 14.2 Å². The predicted molar refractivity (Wildman–Crippen MR) is 85.3 cm³/mol. The fourth-order valence-corrected chi connectivity index (χ4v) is 2.50. The lowest BCUT2D eigenvalue weighted by atomic mass is 9.95. The van der Waals surface area contributed by atoms with Crippen LogP contribution in [0.5, 0.6) is 11.5 Å². The second-order valence-electron chi connectivity index (χ2n) is 6.34. The molecular weight excluding hydrogens is 266 g/mol. The van der Waals surface area contributed by atoms with E-state index >= 15 is 0 Å². The molecule has 1 aromatic carbocycles. The summed E-state index contributed by atoms with van der Waals surface area (Å²) in [6.45, 7) is 9.13. The van der Waals surface area contributed by atoms with Gasteiger partial charge in [0.15, 0.2) is 11.5 Å². The fourth-order valence-electron chi connectivity index (χ4n) is 2.50. The van der Waals surface area contributed by atoms with E-state index in [-0.39, 0.29) is 11.5 Å². The number of rotatable bonds is 4. The van der Waals surface area contributed by atoms with E-state index in [1.807, 2.05) is 12.1 Å². The van der Waals surface area contributed by atoms with Crippen LogP contribution in [0.3, 0.4) is 0 Å². The van der Waals surface area contributed by atoms with Gasteiger partial charge in [-0.3, -0.25) is 0 Å². The lowest BCUT2D eigenvalue weighted by molar-refractivity contribution is 0.355. The molecule has 0 fully saturated rings. The molecule has 2 aromatic rings. The first-order chi connectivity index (χ1) is 9.83. The monoisotopic (exact) mass is 291 g/mol. The number of imidazole rings is 1. The summed E-state index contributed by atoms with van der Waals surface area (Å²) in [6.07, 6.45) is 0. The Morgan fingerprint density at radius 2 is 1.76 bits per heavy atom. The van der Waals surface area contributed by atoms with Gasteiger partial charge in [0.1, 0.15) is 5.82 Å². The van der Waals surface area contributed by atoms with Gasteiger partial charge in [-0.1, -0.05) is 20.8 Å². The van der Waals surface area contributed by atoms with Crippen molar-refractivity contribution < 1.29 is 9.47 Å². The van der Waals surface area contributed by atoms with Crippen molar-refractivity contribution in [1.82, 2.24) is 9.55 Å². The largest absolute Gasteiger partial charge is 0.493 e. The second kappa shape index (κ2) is 5.56. The molecule has 5 nitrogen and oxygen atoms in total. The predicted octanol–water partition coefficient (Wildman–Crippen LogP) is 2.87. The van der Waals surface area contributed by atoms with Crippen LogP contribution in [0, 0.1) is 0 Å². The summed E-state index contributed by atoms with van der Waals surface area (Å²) in [5, 5.41) is 0. The molecule has 1 aromatic heterocycles. The number of aromatic nitrogens is 2. The molecule has 21 heavy (non-hydrogen) atoms. The molecule has 116 valence electrons. The van der Waals surface area contributed by atoms with Crippen molar-refractivity contribution in [2.45, 2.75) is 39.2 Å². The third kappa shape index (κ3) is 2.70. The van der Waals surface area contributed by atoms with Gasteiger partial charge in [-0.25, -0.2) is 4.98 Å². The van der Waals surface area contributed by atoms with Gasteiger partial charge in [0, 0.05) is 30.1 Å². The van der Waals surface area contributed by atoms with Crippen molar-refractivity contribution in [2.24, 2.45) is 5.73 Å².